The number of ether oxygens (including phenoxy) is 1. The van der Waals surface area contributed by atoms with E-state index in [9.17, 15) is 14.0 Å². The molecule has 3 aromatic rings. The molecule has 1 amide bonds. The quantitative estimate of drug-likeness (QED) is 0.636. The van der Waals surface area contributed by atoms with Gasteiger partial charge in [-0.3, -0.25) is 4.79 Å². The number of pyridine rings is 1. The lowest BCUT2D eigenvalue weighted by Crippen LogP contribution is -2.15. The van der Waals surface area contributed by atoms with Crippen LogP contribution in [0, 0.1) is 5.82 Å². The Balaban J connectivity index is 1.64. The van der Waals surface area contributed by atoms with Gasteiger partial charge in [0.25, 0.3) is 5.91 Å². The van der Waals surface area contributed by atoms with Crippen molar-refractivity contribution in [3.8, 4) is 0 Å². The Hall–Kier alpha value is -3.74. The number of methoxy groups -OCH3 is 1. The molecule has 6 nitrogen and oxygen atoms in total. The maximum Gasteiger partial charge on any atom is 0.339 e. The van der Waals surface area contributed by atoms with Crippen LogP contribution in [-0.4, -0.2) is 24.0 Å². The predicted molar refractivity (Wildman–Crippen MR) is 104 cm³/mol. The van der Waals surface area contributed by atoms with Crippen LogP contribution in [0.5, 0.6) is 0 Å². The summed E-state index contributed by atoms with van der Waals surface area (Å²) in [6.07, 6.45) is 1.43. The highest BCUT2D eigenvalue weighted by Crippen LogP contribution is 2.17. The highest BCUT2D eigenvalue weighted by atomic mass is 19.1. The van der Waals surface area contributed by atoms with Crippen molar-refractivity contribution in [1.82, 2.24) is 4.98 Å². The van der Waals surface area contributed by atoms with Gasteiger partial charge in [-0.15, -0.1) is 0 Å². The summed E-state index contributed by atoms with van der Waals surface area (Å²) < 4.78 is 17.6. The maximum atomic E-state index is 12.9. The summed E-state index contributed by atoms with van der Waals surface area (Å²) in [5.41, 5.74) is 1.87. The maximum absolute atomic E-state index is 12.9. The van der Waals surface area contributed by atoms with Crippen LogP contribution in [0.1, 0.15) is 26.3 Å². The minimum atomic E-state index is -0.533. The Morgan fingerprint density at radius 2 is 1.79 bits per heavy atom. The molecule has 0 atom stereocenters. The fraction of sp³-hybridized carbons (Fsp3) is 0.0952. The fourth-order valence-corrected chi connectivity index (χ4v) is 2.50. The van der Waals surface area contributed by atoms with Gasteiger partial charge in [-0.05, 0) is 42.0 Å². The lowest BCUT2D eigenvalue weighted by Gasteiger charge is -2.10. The van der Waals surface area contributed by atoms with Crippen LogP contribution < -0.4 is 10.6 Å². The summed E-state index contributed by atoms with van der Waals surface area (Å²) >= 11 is 0. The second-order valence-electron chi connectivity index (χ2n) is 5.90. The van der Waals surface area contributed by atoms with Crippen molar-refractivity contribution in [2.45, 2.75) is 6.54 Å². The summed E-state index contributed by atoms with van der Waals surface area (Å²) in [7, 11) is 1.28. The van der Waals surface area contributed by atoms with Gasteiger partial charge in [0.05, 0.1) is 23.9 Å². The van der Waals surface area contributed by atoms with Crippen LogP contribution in [0.4, 0.5) is 15.9 Å². The van der Waals surface area contributed by atoms with Crippen LogP contribution in [0.2, 0.25) is 0 Å². The van der Waals surface area contributed by atoms with Crippen molar-refractivity contribution in [3.05, 3.63) is 89.4 Å². The van der Waals surface area contributed by atoms with Gasteiger partial charge in [0.1, 0.15) is 11.6 Å². The second-order valence-corrected chi connectivity index (χ2v) is 5.90. The molecule has 2 N–H and O–H groups in total. The molecule has 0 spiro atoms. The minimum Gasteiger partial charge on any atom is -0.465 e. The van der Waals surface area contributed by atoms with E-state index in [1.54, 1.807) is 48.5 Å². The monoisotopic (exact) mass is 379 g/mol. The zero-order valence-corrected chi connectivity index (χ0v) is 15.1. The Morgan fingerprint density at radius 1 is 1.04 bits per heavy atom. The summed E-state index contributed by atoms with van der Waals surface area (Å²) in [5.74, 6) is -0.634. The molecule has 0 aliphatic heterocycles. The molecule has 0 aliphatic rings. The average Bonchev–Trinajstić information content (AvgIpc) is 2.73. The second kappa shape index (κ2) is 8.77. The van der Waals surface area contributed by atoms with Gasteiger partial charge in [0.15, 0.2) is 0 Å². The van der Waals surface area contributed by atoms with E-state index >= 15 is 0 Å². The zero-order valence-electron chi connectivity index (χ0n) is 15.1. The SMILES string of the molecule is COC(=O)c1ccccc1NC(=O)c1ccc(NCc2ccc(F)cc2)nc1. The van der Waals surface area contributed by atoms with Crippen LogP contribution >= 0.6 is 0 Å². The Kier molecular flexibility index (Phi) is 5.96. The van der Waals surface area contributed by atoms with Gasteiger partial charge < -0.3 is 15.4 Å². The molecule has 0 saturated heterocycles. The number of nitrogens with zero attached hydrogens (tertiary/aromatic N) is 1. The van der Waals surface area contributed by atoms with E-state index in [4.69, 9.17) is 4.74 Å². The van der Waals surface area contributed by atoms with Gasteiger partial charge in [-0.1, -0.05) is 24.3 Å². The van der Waals surface area contributed by atoms with E-state index in [-0.39, 0.29) is 11.4 Å². The lowest BCUT2D eigenvalue weighted by molar-refractivity contribution is 0.0602. The Labute approximate surface area is 161 Å². The van der Waals surface area contributed by atoms with Crippen molar-refractivity contribution < 1.29 is 18.7 Å². The molecule has 1 aromatic heterocycles. The molecule has 0 saturated carbocycles. The summed E-state index contributed by atoms with van der Waals surface area (Å²) in [6.45, 7) is 0.478. The molecule has 0 fully saturated rings. The minimum absolute atomic E-state index is 0.267. The average molecular weight is 379 g/mol. The van der Waals surface area contributed by atoms with Gasteiger partial charge in [-0.25, -0.2) is 14.2 Å². The first-order valence-electron chi connectivity index (χ1n) is 8.50. The van der Waals surface area contributed by atoms with E-state index in [0.29, 0.717) is 23.6 Å². The van der Waals surface area contributed by atoms with E-state index in [1.807, 2.05) is 0 Å². The molecular formula is C21H18FN3O3. The normalized spacial score (nSPS) is 10.2. The number of hydrogen-bond acceptors (Lipinski definition) is 5. The molecule has 1 heterocycles. The molecule has 2 aromatic carbocycles. The third kappa shape index (κ3) is 4.70. The number of aromatic nitrogens is 1. The number of para-hydroxylation sites is 1. The summed E-state index contributed by atoms with van der Waals surface area (Å²) in [4.78, 5) is 28.4. The lowest BCUT2D eigenvalue weighted by atomic mass is 10.1. The number of amides is 1. The van der Waals surface area contributed by atoms with Crippen molar-refractivity contribution in [2.75, 3.05) is 17.7 Å². The molecule has 0 radical (unpaired) electrons. The predicted octanol–water partition coefficient (Wildman–Crippen LogP) is 3.87. The van der Waals surface area contributed by atoms with Crippen molar-refractivity contribution in [2.24, 2.45) is 0 Å². The van der Waals surface area contributed by atoms with Gasteiger partial charge in [0.2, 0.25) is 0 Å². The van der Waals surface area contributed by atoms with Gasteiger partial charge >= 0.3 is 5.97 Å². The smallest absolute Gasteiger partial charge is 0.339 e. The first-order chi connectivity index (χ1) is 13.6. The van der Waals surface area contributed by atoms with E-state index in [1.165, 1.54) is 25.4 Å². The Morgan fingerprint density at radius 3 is 2.46 bits per heavy atom. The van der Waals surface area contributed by atoms with Gasteiger partial charge in [0, 0.05) is 12.7 Å². The molecular weight excluding hydrogens is 361 g/mol. The van der Waals surface area contributed by atoms with Crippen molar-refractivity contribution in [1.29, 1.82) is 0 Å². The number of carbonyl (C=O) groups excluding carboxylic acids is 2. The topological polar surface area (TPSA) is 80.3 Å². The Bertz CT molecular complexity index is 973. The number of anilines is 2. The zero-order chi connectivity index (χ0) is 19.9. The largest absolute Gasteiger partial charge is 0.465 e. The molecule has 0 bridgehead atoms. The number of carbonyl (C=O) groups is 2. The summed E-state index contributed by atoms with van der Waals surface area (Å²) in [5, 5.41) is 5.79. The molecule has 3 rings (SSSR count). The highest BCUT2D eigenvalue weighted by molar-refractivity contribution is 6.07. The molecule has 0 aliphatic carbocycles. The number of rotatable bonds is 6. The first-order valence-corrected chi connectivity index (χ1v) is 8.50. The van der Waals surface area contributed by atoms with Crippen LogP contribution in [0.15, 0.2) is 66.9 Å². The first kappa shape index (κ1) is 19.0. The number of halogens is 1. The van der Waals surface area contributed by atoms with Crippen LogP contribution in [0.25, 0.3) is 0 Å². The van der Waals surface area contributed by atoms with Crippen LogP contribution in [0.3, 0.4) is 0 Å². The van der Waals surface area contributed by atoms with E-state index < -0.39 is 11.9 Å². The molecule has 142 valence electrons. The van der Waals surface area contributed by atoms with E-state index in [0.717, 1.165) is 5.56 Å². The van der Waals surface area contributed by atoms with Crippen LogP contribution in [-0.2, 0) is 11.3 Å². The fourth-order valence-electron chi connectivity index (χ4n) is 2.50. The number of hydrogen-bond donors (Lipinski definition) is 2. The number of benzene rings is 2. The van der Waals surface area contributed by atoms with Crippen molar-refractivity contribution >= 4 is 23.4 Å². The standard InChI is InChI=1S/C21H18FN3O3/c1-28-21(27)17-4-2-3-5-18(17)25-20(26)15-8-11-19(24-13-15)23-12-14-6-9-16(22)10-7-14/h2-11,13H,12H2,1H3,(H,23,24)(H,25,26). The molecule has 0 unspecified atom stereocenters. The number of esters is 1. The third-order valence-corrected chi connectivity index (χ3v) is 3.99. The summed E-state index contributed by atoms with van der Waals surface area (Å²) in [6, 6.07) is 16.0. The molecule has 28 heavy (non-hydrogen) atoms. The van der Waals surface area contributed by atoms with Crippen molar-refractivity contribution in [3.63, 3.8) is 0 Å². The molecule has 7 heteroatoms. The van der Waals surface area contributed by atoms with E-state index in [2.05, 4.69) is 15.6 Å². The number of nitrogens with one attached hydrogen (secondary N) is 2. The highest BCUT2D eigenvalue weighted by Gasteiger charge is 2.14. The third-order valence-electron chi connectivity index (χ3n) is 3.99. The van der Waals surface area contributed by atoms with Gasteiger partial charge in [-0.2, -0.15) is 0 Å².